The van der Waals surface area contributed by atoms with Gasteiger partial charge in [-0.3, -0.25) is 9.47 Å². The molecule has 0 aromatic carbocycles. The lowest BCUT2D eigenvalue weighted by atomic mass is 10.2. The van der Waals surface area contributed by atoms with E-state index < -0.39 is 60.6 Å². The van der Waals surface area contributed by atoms with Crippen molar-refractivity contribution in [3.05, 3.63) is 12.0 Å². The molecule has 0 spiro atoms. The molecular formula is C10HF15O5. The van der Waals surface area contributed by atoms with E-state index in [1.807, 2.05) is 4.74 Å². The first-order valence-electron chi connectivity index (χ1n) is 6.48. The summed E-state index contributed by atoms with van der Waals surface area (Å²) in [5.74, 6) is -16.1. The number of hydrogen-bond acceptors (Lipinski definition) is 5. The maximum Gasteiger partial charge on any atom is 0.483 e. The number of ether oxygens (including phenoxy) is 5. The van der Waals surface area contributed by atoms with Gasteiger partial charge in [0.1, 0.15) is 0 Å². The van der Waals surface area contributed by atoms with Crippen LogP contribution >= 0.6 is 0 Å². The quantitative estimate of drug-likeness (QED) is 0.537. The Hall–Kier alpha value is -1.83. The largest absolute Gasteiger partial charge is 0.483 e. The fourth-order valence-corrected chi connectivity index (χ4v) is 1.81. The van der Waals surface area contributed by atoms with E-state index >= 15 is 0 Å². The zero-order chi connectivity index (χ0) is 23.8. The molecule has 3 atom stereocenters. The molecule has 2 heterocycles. The van der Waals surface area contributed by atoms with Gasteiger partial charge in [-0.2, -0.15) is 65.9 Å². The molecule has 0 bridgehead atoms. The van der Waals surface area contributed by atoms with Crippen LogP contribution < -0.4 is 0 Å². The molecule has 0 aliphatic carbocycles. The van der Waals surface area contributed by atoms with Crippen molar-refractivity contribution >= 4 is 0 Å². The van der Waals surface area contributed by atoms with Crippen LogP contribution in [0.1, 0.15) is 0 Å². The molecule has 5 nitrogen and oxygen atoms in total. The van der Waals surface area contributed by atoms with Crippen LogP contribution in [0.25, 0.3) is 0 Å². The van der Waals surface area contributed by atoms with Gasteiger partial charge in [0.15, 0.2) is 0 Å². The van der Waals surface area contributed by atoms with E-state index in [9.17, 15) is 65.9 Å². The summed E-state index contributed by atoms with van der Waals surface area (Å²) in [6, 6.07) is 0. The van der Waals surface area contributed by atoms with Crippen molar-refractivity contribution in [3.63, 3.8) is 0 Å². The van der Waals surface area contributed by atoms with Crippen LogP contribution in [-0.4, -0.2) is 48.6 Å². The SMILES string of the molecule is FC(F)=C1OC(F)(F)C(F)(C(F)(F)OC(F)(F)C2(F)OC(C(F)(F)F)OC2(F)F)O1. The van der Waals surface area contributed by atoms with E-state index in [1.165, 1.54) is 0 Å². The summed E-state index contributed by atoms with van der Waals surface area (Å²) in [6.07, 6.45) is -41.1. The van der Waals surface area contributed by atoms with Crippen LogP contribution in [0.5, 0.6) is 0 Å². The Morgan fingerprint density at radius 1 is 0.700 bits per heavy atom. The minimum atomic E-state index is -7.11. The van der Waals surface area contributed by atoms with Gasteiger partial charge < -0.3 is 9.47 Å². The molecule has 2 fully saturated rings. The second kappa shape index (κ2) is 6.34. The van der Waals surface area contributed by atoms with Crippen molar-refractivity contribution in [2.45, 2.75) is 48.6 Å². The minimum absolute atomic E-state index is 1.94. The molecule has 2 rings (SSSR count). The monoisotopic (exact) mass is 486 g/mol. The fraction of sp³-hybridized carbons (Fsp3) is 0.800. The zero-order valence-corrected chi connectivity index (χ0v) is 12.8. The normalized spacial score (nSPS) is 34.0. The van der Waals surface area contributed by atoms with Gasteiger partial charge in [-0.15, -0.1) is 0 Å². The first kappa shape index (κ1) is 24.4. The smallest absolute Gasteiger partial charge is 0.408 e. The minimum Gasteiger partial charge on any atom is -0.408 e. The Balaban J connectivity index is 2.43. The molecule has 0 radical (unpaired) electrons. The first-order valence-corrected chi connectivity index (χ1v) is 6.48. The Morgan fingerprint density at radius 3 is 1.53 bits per heavy atom. The highest BCUT2D eigenvalue weighted by molar-refractivity contribution is 5.03. The summed E-state index contributed by atoms with van der Waals surface area (Å²) in [6.45, 7) is 0. The van der Waals surface area contributed by atoms with Gasteiger partial charge in [0.25, 0.3) is 6.29 Å². The van der Waals surface area contributed by atoms with Gasteiger partial charge in [0, 0.05) is 0 Å². The summed E-state index contributed by atoms with van der Waals surface area (Å²) in [7, 11) is 0. The molecule has 0 saturated carbocycles. The maximum atomic E-state index is 13.9. The van der Waals surface area contributed by atoms with Gasteiger partial charge in [0.2, 0.25) is 0 Å². The van der Waals surface area contributed by atoms with Crippen molar-refractivity contribution in [2.24, 2.45) is 0 Å². The molecule has 2 saturated heterocycles. The van der Waals surface area contributed by atoms with Gasteiger partial charge in [-0.05, 0) is 0 Å². The van der Waals surface area contributed by atoms with E-state index in [4.69, 9.17) is 0 Å². The van der Waals surface area contributed by atoms with Crippen LogP contribution in [-0.2, 0) is 23.7 Å². The summed E-state index contributed by atoms with van der Waals surface area (Å²) in [5.41, 5.74) is 0. The van der Waals surface area contributed by atoms with Crippen molar-refractivity contribution in [1.29, 1.82) is 0 Å². The Bertz CT molecular complexity index is 730. The highest BCUT2D eigenvalue weighted by Gasteiger charge is 2.88. The second-order valence-electron chi connectivity index (χ2n) is 5.22. The van der Waals surface area contributed by atoms with E-state index in [0.29, 0.717) is 0 Å². The third-order valence-electron chi connectivity index (χ3n) is 3.15. The number of alkyl halides is 13. The van der Waals surface area contributed by atoms with Crippen LogP contribution in [0.2, 0.25) is 0 Å². The van der Waals surface area contributed by atoms with Gasteiger partial charge >= 0.3 is 54.3 Å². The maximum absolute atomic E-state index is 13.9. The zero-order valence-electron chi connectivity index (χ0n) is 12.8. The standard InChI is InChI=1S/C10HF15O5/c11-1(12)2-26-5(16,7(18,19)27-2)9(22,23)30-10(24,25)6(17)8(20,21)29-3(28-6)4(13,14)15/h3H. The molecule has 0 amide bonds. The van der Waals surface area contributed by atoms with Crippen LogP contribution in [0.15, 0.2) is 12.0 Å². The fourth-order valence-electron chi connectivity index (χ4n) is 1.81. The molecule has 2 aliphatic rings. The van der Waals surface area contributed by atoms with Gasteiger partial charge in [-0.1, -0.05) is 0 Å². The summed E-state index contributed by atoms with van der Waals surface area (Å²) >= 11 is 0. The van der Waals surface area contributed by atoms with Gasteiger partial charge in [-0.25, -0.2) is 4.74 Å². The third kappa shape index (κ3) is 3.37. The average molecular weight is 486 g/mol. The van der Waals surface area contributed by atoms with E-state index in [-0.39, 0.29) is 0 Å². The highest BCUT2D eigenvalue weighted by atomic mass is 19.4. The molecule has 30 heavy (non-hydrogen) atoms. The Labute approximate surface area is 151 Å². The number of halogens is 15. The summed E-state index contributed by atoms with van der Waals surface area (Å²) in [5, 5.41) is 0. The summed E-state index contributed by atoms with van der Waals surface area (Å²) < 4.78 is 208. The predicted octanol–water partition coefficient (Wildman–Crippen LogP) is 4.75. The number of hydrogen-bond donors (Lipinski definition) is 0. The average Bonchev–Trinajstić information content (AvgIpc) is 2.90. The molecular weight excluding hydrogens is 485 g/mol. The molecule has 176 valence electrons. The van der Waals surface area contributed by atoms with Crippen LogP contribution in [0.3, 0.4) is 0 Å². The number of rotatable bonds is 4. The lowest BCUT2D eigenvalue weighted by Crippen LogP contribution is -2.64. The van der Waals surface area contributed by atoms with Crippen LogP contribution in [0.4, 0.5) is 65.9 Å². The van der Waals surface area contributed by atoms with Crippen molar-refractivity contribution in [3.8, 4) is 0 Å². The first-order chi connectivity index (χ1) is 13.0. The van der Waals surface area contributed by atoms with E-state index in [2.05, 4.69) is 18.9 Å². The topological polar surface area (TPSA) is 46.2 Å². The molecule has 3 unspecified atom stereocenters. The molecule has 2 aliphatic heterocycles. The van der Waals surface area contributed by atoms with Crippen molar-refractivity contribution < 1.29 is 89.5 Å². The third-order valence-corrected chi connectivity index (χ3v) is 3.15. The lowest BCUT2D eigenvalue weighted by molar-refractivity contribution is -0.520. The Kier molecular flexibility index (Phi) is 5.17. The molecule has 0 aromatic heterocycles. The van der Waals surface area contributed by atoms with Crippen molar-refractivity contribution in [2.75, 3.05) is 0 Å². The molecule has 0 aromatic rings. The predicted molar refractivity (Wildman–Crippen MR) is 52.0 cm³/mol. The van der Waals surface area contributed by atoms with E-state index in [1.54, 1.807) is 0 Å². The second-order valence-corrected chi connectivity index (χ2v) is 5.22. The van der Waals surface area contributed by atoms with Crippen LogP contribution in [0, 0.1) is 0 Å². The highest BCUT2D eigenvalue weighted by Crippen LogP contribution is 2.59. The van der Waals surface area contributed by atoms with E-state index in [0.717, 1.165) is 0 Å². The lowest BCUT2D eigenvalue weighted by Gasteiger charge is -2.35. The molecule has 20 heteroatoms. The van der Waals surface area contributed by atoms with Crippen molar-refractivity contribution in [1.82, 2.24) is 0 Å². The van der Waals surface area contributed by atoms with Gasteiger partial charge in [0.05, 0.1) is 0 Å². The molecule has 0 N–H and O–H groups in total. The summed E-state index contributed by atoms with van der Waals surface area (Å²) in [4.78, 5) is 0. The Morgan fingerprint density at radius 2 is 1.17 bits per heavy atom.